The molecule has 0 fully saturated rings. The van der Waals surface area contributed by atoms with Crippen molar-refractivity contribution < 1.29 is 9.62 Å². The van der Waals surface area contributed by atoms with E-state index in [9.17, 15) is 0 Å². The van der Waals surface area contributed by atoms with Crippen molar-refractivity contribution in [3.63, 3.8) is 0 Å². The van der Waals surface area contributed by atoms with Gasteiger partial charge in [0.1, 0.15) is 5.76 Å². The topological polar surface area (TPSA) is 96.7 Å². The standard InChI is InChI=1S/C8H14N4O2/c1-5-3-11-8(14-5)6(2)10-4-7(9)12-13/h3,6,10,13H,4H2,1-2H3,(H2,9,12). The van der Waals surface area contributed by atoms with Crippen LogP contribution < -0.4 is 11.1 Å². The molecular weight excluding hydrogens is 184 g/mol. The van der Waals surface area contributed by atoms with Gasteiger partial charge in [-0.2, -0.15) is 0 Å². The van der Waals surface area contributed by atoms with Crippen molar-refractivity contribution in [1.82, 2.24) is 10.3 Å². The van der Waals surface area contributed by atoms with Crippen LogP contribution in [0.4, 0.5) is 0 Å². The summed E-state index contributed by atoms with van der Waals surface area (Å²) < 4.78 is 5.29. The molecular formula is C8H14N4O2. The Hall–Kier alpha value is -1.56. The number of hydrogen-bond donors (Lipinski definition) is 3. The van der Waals surface area contributed by atoms with Crippen LogP contribution >= 0.6 is 0 Å². The molecule has 0 saturated heterocycles. The van der Waals surface area contributed by atoms with Crippen LogP contribution in [0, 0.1) is 6.92 Å². The van der Waals surface area contributed by atoms with E-state index in [1.165, 1.54) is 0 Å². The third kappa shape index (κ3) is 2.74. The first-order valence-corrected chi connectivity index (χ1v) is 4.25. The van der Waals surface area contributed by atoms with Crippen LogP contribution in [-0.4, -0.2) is 22.6 Å². The third-order valence-electron chi connectivity index (χ3n) is 1.73. The third-order valence-corrected chi connectivity index (χ3v) is 1.73. The molecule has 0 saturated carbocycles. The highest BCUT2D eigenvalue weighted by Crippen LogP contribution is 2.10. The van der Waals surface area contributed by atoms with E-state index < -0.39 is 0 Å². The second-order valence-corrected chi connectivity index (χ2v) is 3.00. The number of nitrogens with two attached hydrogens (primary N) is 1. The maximum Gasteiger partial charge on any atom is 0.211 e. The Kier molecular flexibility index (Phi) is 3.47. The lowest BCUT2D eigenvalue weighted by molar-refractivity contribution is 0.316. The summed E-state index contributed by atoms with van der Waals surface area (Å²) in [5.74, 6) is 1.48. The van der Waals surface area contributed by atoms with Crippen LogP contribution in [0.2, 0.25) is 0 Å². The van der Waals surface area contributed by atoms with Crippen LogP contribution in [0.15, 0.2) is 15.8 Å². The highest BCUT2D eigenvalue weighted by molar-refractivity contribution is 5.81. The largest absolute Gasteiger partial charge is 0.444 e. The Morgan fingerprint density at radius 2 is 2.57 bits per heavy atom. The van der Waals surface area contributed by atoms with Gasteiger partial charge < -0.3 is 15.4 Å². The fourth-order valence-electron chi connectivity index (χ4n) is 0.953. The Bertz CT molecular complexity index is 321. The minimum Gasteiger partial charge on any atom is -0.444 e. The lowest BCUT2D eigenvalue weighted by Crippen LogP contribution is -2.30. The van der Waals surface area contributed by atoms with E-state index in [0.717, 1.165) is 5.76 Å². The predicted octanol–water partition coefficient (Wildman–Crippen LogP) is 0.380. The summed E-state index contributed by atoms with van der Waals surface area (Å²) in [5, 5.41) is 14.1. The predicted molar refractivity (Wildman–Crippen MR) is 51.1 cm³/mol. The first-order chi connectivity index (χ1) is 6.63. The maximum atomic E-state index is 8.31. The lowest BCUT2D eigenvalue weighted by Gasteiger charge is -2.08. The molecule has 1 aromatic rings. The number of hydrogen-bond acceptors (Lipinski definition) is 5. The Morgan fingerprint density at radius 1 is 1.86 bits per heavy atom. The van der Waals surface area contributed by atoms with Crippen molar-refractivity contribution in [3.8, 4) is 0 Å². The second kappa shape index (κ2) is 4.61. The molecule has 14 heavy (non-hydrogen) atoms. The molecule has 1 rings (SSSR count). The van der Waals surface area contributed by atoms with Crippen LogP contribution in [0.5, 0.6) is 0 Å². The lowest BCUT2D eigenvalue weighted by atomic mass is 10.3. The number of oxime groups is 1. The van der Waals surface area contributed by atoms with Gasteiger partial charge >= 0.3 is 0 Å². The zero-order valence-electron chi connectivity index (χ0n) is 8.19. The molecule has 1 heterocycles. The molecule has 0 aliphatic carbocycles. The molecule has 0 radical (unpaired) electrons. The smallest absolute Gasteiger partial charge is 0.211 e. The average Bonchev–Trinajstić information content (AvgIpc) is 2.60. The molecule has 1 unspecified atom stereocenters. The minimum atomic E-state index is -0.0657. The first kappa shape index (κ1) is 10.5. The van der Waals surface area contributed by atoms with Crippen LogP contribution in [0.1, 0.15) is 24.6 Å². The number of nitrogens with one attached hydrogen (secondary N) is 1. The first-order valence-electron chi connectivity index (χ1n) is 4.25. The molecule has 0 amide bonds. The second-order valence-electron chi connectivity index (χ2n) is 3.00. The maximum absolute atomic E-state index is 8.31. The molecule has 0 bridgehead atoms. The Balaban J connectivity index is 2.47. The number of rotatable bonds is 4. The van der Waals surface area contributed by atoms with E-state index in [-0.39, 0.29) is 11.9 Å². The van der Waals surface area contributed by atoms with Gasteiger partial charge in [-0.1, -0.05) is 5.16 Å². The van der Waals surface area contributed by atoms with Crippen molar-refractivity contribution in [2.75, 3.05) is 6.54 Å². The molecule has 0 aromatic carbocycles. The summed E-state index contributed by atoms with van der Waals surface area (Å²) in [4.78, 5) is 4.05. The highest BCUT2D eigenvalue weighted by atomic mass is 16.4. The van der Waals surface area contributed by atoms with E-state index in [0.29, 0.717) is 12.4 Å². The van der Waals surface area contributed by atoms with Gasteiger partial charge in [-0.3, -0.25) is 5.32 Å². The number of aromatic nitrogens is 1. The van der Waals surface area contributed by atoms with E-state index in [1.807, 2.05) is 13.8 Å². The van der Waals surface area contributed by atoms with Gasteiger partial charge in [0, 0.05) is 0 Å². The van der Waals surface area contributed by atoms with Crippen molar-refractivity contribution in [2.45, 2.75) is 19.9 Å². The Morgan fingerprint density at radius 3 is 3.07 bits per heavy atom. The van der Waals surface area contributed by atoms with E-state index in [1.54, 1.807) is 6.20 Å². The van der Waals surface area contributed by atoms with Crippen LogP contribution in [0.25, 0.3) is 0 Å². The van der Waals surface area contributed by atoms with Gasteiger partial charge in [-0.15, -0.1) is 0 Å². The monoisotopic (exact) mass is 198 g/mol. The zero-order valence-corrected chi connectivity index (χ0v) is 8.19. The quantitative estimate of drug-likeness (QED) is 0.281. The van der Waals surface area contributed by atoms with Gasteiger partial charge in [-0.05, 0) is 13.8 Å². The number of oxazole rings is 1. The summed E-state index contributed by atoms with van der Waals surface area (Å²) in [6.45, 7) is 4.00. The van der Waals surface area contributed by atoms with Crippen molar-refractivity contribution >= 4 is 5.84 Å². The van der Waals surface area contributed by atoms with E-state index in [4.69, 9.17) is 15.4 Å². The van der Waals surface area contributed by atoms with Crippen LogP contribution in [-0.2, 0) is 0 Å². The summed E-state index contributed by atoms with van der Waals surface area (Å²) >= 11 is 0. The van der Waals surface area contributed by atoms with Crippen molar-refractivity contribution in [2.24, 2.45) is 10.9 Å². The molecule has 0 spiro atoms. The molecule has 6 nitrogen and oxygen atoms in total. The summed E-state index contributed by atoms with van der Waals surface area (Å²) in [6.07, 6.45) is 1.65. The van der Waals surface area contributed by atoms with Gasteiger partial charge in [0.15, 0.2) is 5.84 Å². The SMILES string of the molecule is Cc1cnc(C(C)NC/C(N)=N/O)o1. The van der Waals surface area contributed by atoms with Gasteiger partial charge in [0.05, 0.1) is 18.8 Å². The zero-order chi connectivity index (χ0) is 10.6. The van der Waals surface area contributed by atoms with Crippen molar-refractivity contribution in [1.29, 1.82) is 0 Å². The molecule has 1 atom stereocenters. The fraction of sp³-hybridized carbons (Fsp3) is 0.500. The Labute approximate surface area is 81.8 Å². The summed E-state index contributed by atoms with van der Waals surface area (Å²) in [6, 6.07) is -0.0657. The highest BCUT2D eigenvalue weighted by Gasteiger charge is 2.10. The number of aryl methyl sites for hydroxylation is 1. The number of amidine groups is 1. The van der Waals surface area contributed by atoms with Gasteiger partial charge in [0.2, 0.25) is 5.89 Å². The van der Waals surface area contributed by atoms with Gasteiger partial charge in [-0.25, -0.2) is 4.98 Å². The molecule has 6 heteroatoms. The molecule has 78 valence electrons. The normalized spacial score (nSPS) is 14.3. The van der Waals surface area contributed by atoms with E-state index >= 15 is 0 Å². The molecule has 0 aliphatic rings. The molecule has 0 aliphatic heterocycles. The summed E-state index contributed by atoms with van der Waals surface area (Å²) in [5.41, 5.74) is 5.29. The van der Waals surface area contributed by atoms with Gasteiger partial charge in [0.25, 0.3) is 0 Å². The molecule has 4 N–H and O–H groups in total. The fourth-order valence-corrected chi connectivity index (χ4v) is 0.953. The minimum absolute atomic E-state index is 0.0657. The van der Waals surface area contributed by atoms with Crippen LogP contribution in [0.3, 0.4) is 0 Å². The molecule has 1 aromatic heterocycles. The summed E-state index contributed by atoms with van der Waals surface area (Å²) in [7, 11) is 0. The van der Waals surface area contributed by atoms with Crippen molar-refractivity contribution in [3.05, 3.63) is 17.8 Å². The van der Waals surface area contributed by atoms with E-state index in [2.05, 4.69) is 15.5 Å². The number of nitrogens with zero attached hydrogens (tertiary/aromatic N) is 2. The average molecular weight is 198 g/mol.